The van der Waals surface area contributed by atoms with Crippen molar-refractivity contribution >= 4 is 44.2 Å². The van der Waals surface area contributed by atoms with Gasteiger partial charge in [-0.3, -0.25) is 4.79 Å². The van der Waals surface area contributed by atoms with Crippen LogP contribution in [0.1, 0.15) is 5.56 Å². The number of imidazole rings is 1. The molecule has 0 bridgehead atoms. The number of nitrogens with zero attached hydrogens (tertiary/aromatic N) is 2. The van der Waals surface area contributed by atoms with Gasteiger partial charge in [-0.25, -0.2) is 9.38 Å². The van der Waals surface area contributed by atoms with Gasteiger partial charge in [0, 0.05) is 5.56 Å². The van der Waals surface area contributed by atoms with E-state index >= 15 is 0 Å². The number of rotatable bonds is 3. The van der Waals surface area contributed by atoms with E-state index in [0.717, 1.165) is 33.1 Å². The van der Waals surface area contributed by atoms with Crippen LogP contribution in [-0.4, -0.2) is 23.6 Å². The standard InChI is InChI=1S/C22H16N2O3S/c1-26-14-9-7-13-8-10-19(27-2)16(15(13)11-14)12-20-21(25)24-18-6-4-3-5-17(18)23-22(24)28-20/h3-12H,1-2H3. The average molecular weight is 388 g/mol. The van der Waals surface area contributed by atoms with Gasteiger partial charge < -0.3 is 9.47 Å². The number of benzene rings is 3. The van der Waals surface area contributed by atoms with Crippen molar-refractivity contribution in [2.45, 2.75) is 0 Å². The van der Waals surface area contributed by atoms with Gasteiger partial charge >= 0.3 is 0 Å². The molecule has 0 amide bonds. The van der Waals surface area contributed by atoms with E-state index in [2.05, 4.69) is 4.98 Å². The first-order valence-corrected chi connectivity index (χ1v) is 9.58. The number of hydrogen-bond donors (Lipinski definition) is 0. The zero-order valence-electron chi connectivity index (χ0n) is 15.3. The van der Waals surface area contributed by atoms with Gasteiger partial charge in [0.15, 0.2) is 4.96 Å². The van der Waals surface area contributed by atoms with Crippen LogP contribution in [0.15, 0.2) is 59.4 Å². The molecule has 6 heteroatoms. The predicted octanol–water partition coefficient (Wildman–Crippen LogP) is 3.63. The lowest BCUT2D eigenvalue weighted by Crippen LogP contribution is -2.22. The van der Waals surface area contributed by atoms with E-state index in [-0.39, 0.29) is 5.56 Å². The quantitative estimate of drug-likeness (QED) is 0.474. The molecule has 0 fully saturated rings. The van der Waals surface area contributed by atoms with Crippen LogP contribution in [0.5, 0.6) is 11.5 Å². The van der Waals surface area contributed by atoms with Crippen molar-refractivity contribution < 1.29 is 9.47 Å². The lowest BCUT2D eigenvalue weighted by Gasteiger charge is -2.10. The van der Waals surface area contributed by atoms with Gasteiger partial charge in [-0.15, -0.1) is 0 Å². The molecule has 0 radical (unpaired) electrons. The topological polar surface area (TPSA) is 52.8 Å². The summed E-state index contributed by atoms with van der Waals surface area (Å²) >= 11 is 1.38. The second kappa shape index (κ2) is 6.35. The minimum atomic E-state index is -0.0735. The Bertz CT molecular complexity index is 1460. The summed E-state index contributed by atoms with van der Waals surface area (Å²) in [6.45, 7) is 0. The molecule has 0 atom stereocenters. The lowest BCUT2D eigenvalue weighted by molar-refractivity contribution is 0.413. The monoisotopic (exact) mass is 388 g/mol. The number of fused-ring (bicyclic) bond motifs is 4. The molecule has 5 rings (SSSR count). The van der Waals surface area contributed by atoms with Crippen LogP contribution < -0.4 is 19.6 Å². The Morgan fingerprint density at radius 1 is 1.04 bits per heavy atom. The second-order valence-electron chi connectivity index (χ2n) is 6.40. The Morgan fingerprint density at radius 2 is 1.86 bits per heavy atom. The third kappa shape index (κ3) is 2.46. The molecular formula is C22H16N2O3S. The highest BCUT2D eigenvalue weighted by molar-refractivity contribution is 7.15. The maximum Gasteiger partial charge on any atom is 0.274 e. The Kier molecular flexibility index (Phi) is 3.80. The second-order valence-corrected chi connectivity index (χ2v) is 7.41. The maximum atomic E-state index is 13.1. The fraction of sp³-hybridized carbons (Fsp3) is 0.0909. The summed E-state index contributed by atoms with van der Waals surface area (Å²) in [5.74, 6) is 1.46. The third-order valence-electron chi connectivity index (χ3n) is 4.87. The summed E-state index contributed by atoms with van der Waals surface area (Å²) in [7, 11) is 3.27. The number of thiazole rings is 1. The number of hydrogen-bond acceptors (Lipinski definition) is 5. The molecule has 0 saturated heterocycles. The summed E-state index contributed by atoms with van der Waals surface area (Å²) < 4.78 is 13.2. The largest absolute Gasteiger partial charge is 0.497 e. The lowest BCUT2D eigenvalue weighted by atomic mass is 10.0. The summed E-state index contributed by atoms with van der Waals surface area (Å²) in [4.78, 5) is 18.4. The van der Waals surface area contributed by atoms with Crippen LogP contribution in [-0.2, 0) is 0 Å². The summed E-state index contributed by atoms with van der Waals surface area (Å²) in [6, 6.07) is 17.5. The first-order chi connectivity index (χ1) is 13.7. The minimum Gasteiger partial charge on any atom is -0.497 e. The summed E-state index contributed by atoms with van der Waals surface area (Å²) in [5.41, 5.74) is 2.43. The highest BCUT2D eigenvalue weighted by Crippen LogP contribution is 2.31. The van der Waals surface area contributed by atoms with E-state index in [1.165, 1.54) is 11.3 Å². The molecule has 5 aromatic rings. The minimum absolute atomic E-state index is 0.0735. The van der Waals surface area contributed by atoms with E-state index in [0.29, 0.717) is 15.2 Å². The fourth-order valence-corrected chi connectivity index (χ4v) is 4.47. The van der Waals surface area contributed by atoms with Crippen LogP contribution in [0.3, 0.4) is 0 Å². The molecule has 0 aliphatic carbocycles. The van der Waals surface area contributed by atoms with Gasteiger partial charge in [-0.2, -0.15) is 0 Å². The molecule has 0 unspecified atom stereocenters. The van der Waals surface area contributed by atoms with E-state index in [4.69, 9.17) is 9.47 Å². The molecule has 28 heavy (non-hydrogen) atoms. The van der Waals surface area contributed by atoms with E-state index in [9.17, 15) is 4.79 Å². The van der Waals surface area contributed by atoms with Crippen LogP contribution >= 0.6 is 11.3 Å². The van der Waals surface area contributed by atoms with Crippen LogP contribution in [0, 0.1) is 0 Å². The Hall–Kier alpha value is -3.38. The van der Waals surface area contributed by atoms with Crippen molar-refractivity contribution in [3.05, 3.63) is 75.0 Å². The fourth-order valence-electron chi connectivity index (χ4n) is 3.50. The molecule has 3 aromatic carbocycles. The molecule has 2 aromatic heterocycles. The Balaban J connectivity index is 1.84. The summed E-state index contributed by atoms with van der Waals surface area (Å²) in [6.07, 6.45) is 1.89. The number of ether oxygens (including phenoxy) is 2. The van der Waals surface area contributed by atoms with Crippen molar-refractivity contribution in [3.8, 4) is 11.5 Å². The number of methoxy groups -OCH3 is 2. The SMILES string of the molecule is COc1ccc2ccc(OC)c(C=c3sc4nc5ccccc5n4c3=O)c2c1. The molecule has 2 heterocycles. The van der Waals surface area contributed by atoms with Crippen molar-refractivity contribution in [2.24, 2.45) is 0 Å². The molecule has 0 aliphatic heterocycles. The molecule has 0 saturated carbocycles. The van der Waals surface area contributed by atoms with Crippen molar-refractivity contribution in [3.63, 3.8) is 0 Å². The van der Waals surface area contributed by atoms with E-state index in [1.54, 1.807) is 18.6 Å². The van der Waals surface area contributed by atoms with Gasteiger partial charge in [-0.1, -0.05) is 35.6 Å². The summed E-state index contributed by atoms with van der Waals surface area (Å²) in [5, 5.41) is 2.01. The normalized spacial score (nSPS) is 12.3. The molecular weight excluding hydrogens is 372 g/mol. The Morgan fingerprint density at radius 3 is 2.68 bits per heavy atom. The zero-order chi connectivity index (χ0) is 19.3. The highest BCUT2D eigenvalue weighted by atomic mass is 32.1. The Labute approximate surface area is 164 Å². The molecule has 0 aliphatic rings. The maximum absolute atomic E-state index is 13.1. The van der Waals surface area contributed by atoms with Crippen molar-refractivity contribution in [2.75, 3.05) is 14.2 Å². The van der Waals surface area contributed by atoms with Crippen LogP contribution in [0.25, 0.3) is 32.8 Å². The molecule has 0 spiro atoms. The van der Waals surface area contributed by atoms with Gasteiger partial charge in [0.25, 0.3) is 5.56 Å². The van der Waals surface area contributed by atoms with Crippen molar-refractivity contribution in [1.82, 2.24) is 9.38 Å². The third-order valence-corrected chi connectivity index (χ3v) is 5.84. The number of aromatic nitrogens is 2. The van der Waals surface area contributed by atoms with Gasteiger partial charge in [-0.05, 0) is 47.2 Å². The molecule has 0 N–H and O–H groups in total. The predicted molar refractivity (Wildman–Crippen MR) is 113 cm³/mol. The molecule has 138 valence electrons. The smallest absolute Gasteiger partial charge is 0.274 e. The van der Waals surface area contributed by atoms with E-state index in [1.807, 2.05) is 60.7 Å². The van der Waals surface area contributed by atoms with Gasteiger partial charge in [0.2, 0.25) is 0 Å². The zero-order valence-corrected chi connectivity index (χ0v) is 16.1. The molecule has 5 nitrogen and oxygen atoms in total. The van der Waals surface area contributed by atoms with Gasteiger partial charge in [0.1, 0.15) is 11.5 Å². The van der Waals surface area contributed by atoms with E-state index < -0.39 is 0 Å². The van der Waals surface area contributed by atoms with Crippen LogP contribution in [0.4, 0.5) is 0 Å². The number of para-hydroxylation sites is 2. The van der Waals surface area contributed by atoms with Crippen molar-refractivity contribution in [1.29, 1.82) is 0 Å². The van der Waals surface area contributed by atoms with Gasteiger partial charge in [0.05, 0.1) is 29.8 Å². The first-order valence-electron chi connectivity index (χ1n) is 8.76. The average Bonchev–Trinajstić information content (AvgIpc) is 3.24. The van der Waals surface area contributed by atoms with Crippen LogP contribution in [0.2, 0.25) is 0 Å². The first kappa shape index (κ1) is 16.8. The highest BCUT2D eigenvalue weighted by Gasteiger charge is 2.13.